The van der Waals surface area contributed by atoms with Crippen molar-refractivity contribution in [1.82, 2.24) is 4.90 Å². The Morgan fingerprint density at radius 3 is 2.25 bits per heavy atom. The third-order valence-corrected chi connectivity index (χ3v) is 3.10. The Morgan fingerprint density at radius 2 is 1.62 bits per heavy atom. The molecule has 0 heterocycles. The number of amides is 1. The molecule has 0 aliphatic rings. The van der Waals surface area contributed by atoms with Crippen LogP contribution in [-0.2, 0) is 23.9 Å². The molecule has 1 amide bonds. The average Bonchev–Trinajstić information content (AvgIpc) is 2.55. The van der Waals surface area contributed by atoms with Crippen molar-refractivity contribution in [2.75, 3.05) is 32.8 Å². The van der Waals surface area contributed by atoms with Crippen molar-refractivity contribution >= 4 is 17.8 Å². The van der Waals surface area contributed by atoms with Crippen LogP contribution in [0.2, 0.25) is 0 Å². The summed E-state index contributed by atoms with van der Waals surface area (Å²) < 4.78 is 9.70. The van der Waals surface area contributed by atoms with Crippen LogP contribution in [0.5, 0.6) is 0 Å². The van der Waals surface area contributed by atoms with Crippen molar-refractivity contribution in [3.8, 4) is 0 Å². The van der Waals surface area contributed by atoms with Gasteiger partial charge in [-0.1, -0.05) is 11.6 Å². The molecule has 2 N–H and O–H groups in total. The lowest BCUT2D eigenvalue weighted by Crippen LogP contribution is -2.38. The Bertz CT molecular complexity index is 415. The summed E-state index contributed by atoms with van der Waals surface area (Å²) in [5, 5.41) is 6.80. The number of unbranched alkanes of at least 4 members (excludes halogenated alkanes) is 2. The molecule has 138 valence electrons. The van der Waals surface area contributed by atoms with Crippen LogP contribution in [0.15, 0.2) is 10.3 Å². The fourth-order valence-electron chi connectivity index (χ4n) is 1.97. The zero-order valence-corrected chi connectivity index (χ0v) is 14.5. The van der Waals surface area contributed by atoms with Gasteiger partial charge in [-0.3, -0.25) is 14.4 Å². The van der Waals surface area contributed by atoms with E-state index in [1.165, 1.54) is 4.90 Å². The Kier molecular flexibility index (Phi) is 13.1. The Morgan fingerprint density at radius 1 is 0.958 bits per heavy atom. The molecule has 0 aromatic heterocycles. The molecule has 0 rings (SSSR count). The van der Waals surface area contributed by atoms with Crippen LogP contribution in [0, 0.1) is 0 Å². The molecule has 0 aromatic rings. The SMILES string of the molecule is CCOC(=O)CCN(CC(=O)OCC)C(=O)CCCCCN=NN. The van der Waals surface area contributed by atoms with E-state index in [-0.39, 0.29) is 38.6 Å². The summed E-state index contributed by atoms with van der Waals surface area (Å²) in [6, 6.07) is 0. The van der Waals surface area contributed by atoms with Crippen LogP contribution >= 0.6 is 0 Å². The van der Waals surface area contributed by atoms with E-state index in [9.17, 15) is 14.4 Å². The lowest BCUT2D eigenvalue weighted by atomic mass is 10.1. The van der Waals surface area contributed by atoms with E-state index in [1.54, 1.807) is 13.8 Å². The molecule has 0 aliphatic carbocycles. The summed E-state index contributed by atoms with van der Waals surface area (Å²) in [5.41, 5.74) is 0. The van der Waals surface area contributed by atoms with Crippen LogP contribution in [0.1, 0.15) is 46.0 Å². The van der Waals surface area contributed by atoms with Crippen LogP contribution < -0.4 is 5.84 Å². The van der Waals surface area contributed by atoms with E-state index < -0.39 is 11.9 Å². The Labute approximate surface area is 142 Å². The first kappa shape index (κ1) is 21.8. The van der Waals surface area contributed by atoms with Gasteiger partial charge in [0.1, 0.15) is 6.54 Å². The van der Waals surface area contributed by atoms with Crippen molar-refractivity contribution in [3.05, 3.63) is 0 Å². The molecule has 0 fully saturated rings. The van der Waals surface area contributed by atoms with Gasteiger partial charge in [0, 0.05) is 13.0 Å². The van der Waals surface area contributed by atoms with Crippen molar-refractivity contribution in [2.24, 2.45) is 16.2 Å². The van der Waals surface area contributed by atoms with Gasteiger partial charge in [-0.25, -0.2) is 0 Å². The minimum atomic E-state index is -0.488. The molecule has 0 saturated carbocycles. The standard InChI is InChI=1S/C15H28N4O5/c1-3-23-14(21)9-11-19(12-15(22)24-4-2)13(20)8-6-5-7-10-17-18-16/h3-12H2,1-2H3,(H2,16,17). The number of rotatable bonds is 13. The number of nitrogens with zero attached hydrogens (tertiary/aromatic N) is 3. The van der Waals surface area contributed by atoms with Gasteiger partial charge in [0.25, 0.3) is 0 Å². The monoisotopic (exact) mass is 344 g/mol. The van der Waals surface area contributed by atoms with Crippen LogP contribution in [0.3, 0.4) is 0 Å². The second-order valence-corrected chi connectivity index (χ2v) is 4.97. The van der Waals surface area contributed by atoms with Crippen molar-refractivity contribution in [2.45, 2.75) is 46.0 Å². The smallest absolute Gasteiger partial charge is 0.325 e. The molecule has 0 aliphatic heterocycles. The molecule has 0 radical (unpaired) electrons. The summed E-state index contributed by atoms with van der Waals surface area (Å²) in [6.07, 6.45) is 2.60. The van der Waals surface area contributed by atoms with E-state index >= 15 is 0 Å². The van der Waals surface area contributed by atoms with E-state index in [0.29, 0.717) is 19.4 Å². The topological polar surface area (TPSA) is 124 Å². The Balaban J connectivity index is 4.35. The van der Waals surface area contributed by atoms with Gasteiger partial charge in [-0.05, 0) is 26.7 Å². The van der Waals surface area contributed by atoms with Crippen LogP contribution in [0.4, 0.5) is 0 Å². The molecule has 0 unspecified atom stereocenters. The molecular formula is C15H28N4O5. The van der Waals surface area contributed by atoms with Gasteiger partial charge in [0.2, 0.25) is 5.91 Å². The van der Waals surface area contributed by atoms with Gasteiger partial charge < -0.3 is 20.2 Å². The second-order valence-electron chi connectivity index (χ2n) is 4.97. The molecule has 9 nitrogen and oxygen atoms in total. The van der Waals surface area contributed by atoms with Crippen molar-refractivity contribution in [3.63, 3.8) is 0 Å². The summed E-state index contributed by atoms with van der Waals surface area (Å²) in [6.45, 7) is 4.44. The van der Waals surface area contributed by atoms with Gasteiger partial charge >= 0.3 is 11.9 Å². The lowest BCUT2D eigenvalue weighted by Gasteiger charge is -2.21. The number of ether oxygens (including phenoxy) is 2. The van der Waals surface area contributed by atoms with E-state index in [1.807, 2.05) is 0 Å². The normalized spacial score (nSPS) is 10.6. The summed E-state index contributed by atoms with van der Waals surface area (Å²) in [4.78, 5) is 36.6. The predicted molar refractivity (Wildman–Crippen MR) is 86.8 cm³/mol. The number of carbonyl (C=O) groups is 3. The van der Waals surface area contributed by atoms with Crippen LogP contribution in [0.25, 0.3) is 0 Å². The fraction of sp³-hybridized carbons (Fsp3) is 0.800. The van der Waals surface area contributed by atoms with Crippen LogP contribution in [-0.4, -0.2) is 55.6 Å². The highest BCUT2D eigenvalue weighted by Crippen LogP contribution is 2.06. The van der Waals surface area contributed by atoms with E-state index in [2.05, 4.69) is 10.3 Å². The largest absolute Gasteiger partial charge is 0.466 e. The molecule has 0 saturated heterocycles. The fourth-order valence-corrected chi connectivity index (χ4v) is 1.97. The quantitative estimate of drug-likeness (QED) is 0.176. The third kappa shape index (κ3) is 11.4. The number of hydrogen-bond donors (Lipinski definition) is 1. The highest BCUT2D eigenvalue weighted by molar-refractivity contribution is 5.82. The predicted octanol–water partition coefficient (Wildman–Crippen LogP) is 1.22. The highest BCUT2D eigenvalue weighted by atomic mass is 16.5. The maximum atomic E-state index is 12.2. The molecule has 9 heteroatoms. The summed E-state index contributed by atoms with van der Waals surface area (Å²) >= 11 is 0. The minimum absolute atomic E-state index is 0.0515. The molecule has 24 heavy (non-hydrogen) atoms. The maximum absolute atomic E-state index is 12.2. The molecule has 0 spiro atoms. The zero-order valence-electron chi connectivity index (χ0n) is 14.5. The number of nitrogens with two attached hydrogens (primary N) is 1. The van der Waals surface area contributed by atoms with Gasteiger partial charge in [-0.2, -0.15) is 5.11 Å². The first-order valence-corrected chi connectivity index (χ1v) is 8.20. The molecule has 0 aromatic carbocycles. The van der Waals surface area contributed by atoms with Gasteiger partial charge in [0.15, 0.2) is 0 Å². The first-order valence-electron chi connectivity index (χ1n) is 8.20. The van der Waals surface area contributed by atoms with Gasteiger partial charge in [-0.15, -0.1) is 0 Å². The summed E-state index contributed by atoms with van der Waals surface area (Å²) in [7, 11) is 0. The number of hydrogen-bond acceptors (Lipinski definition) is 7. The first-order chi connectivity index (χ1) is 11.5. The molecule has 0 atom stereocenters. The molecular weight excluding hydrogens is 316 g/mol. The highest BCUT2D eigenvalue weighted by Gasteiger charge is 2.19. The molecule has 0 bridgehead atoms. The third-order valence-electron chi connectivity index (χ3n) is 3.10. The zero-order chi connectivity index (χ0) is 18.2. The lowest BCUT2D eigenvalue weighted by molar-refractivity contribution is -0.150. The average molecular weight is 344 g/mol. The van der Waals surface area contributed by atoms with Crippen molar-refractivity contribution in [1.29, 1.82) is 0 Å². The summed E-state index contributed by atoms with van der Waals surface area (Å²) in [5.74, 6) is 3.83. The van der Waals surface area contributed by atoms with E-state index in [4.69, 9.17) is 15.3 Å². The number of esters is 2. The maximum Gasteiger partial charge on any atom is 0.325 e. The number of carbonyl (C=O) groups excluding carboxylic acids is 3. The minimum Gasteiger partial charge on any atom is -0.466 e. The van der Waals surface area contributed by atoms with Crippen molar-refractivity contribution < 1.29 is 23.9 Å². The van der Waals surface area contributed by atoms with Gasteiger partial charge in [0.05, 0.1) is 26.2 Å². The van der Waals surface area contributed by atoms with E-state index in [0.717, 1.165) is 12.8 Å². The second kappa shape index (κ2) is 14.4. The Hall–Kier alpha value is -2.19.